The van der Waals surface area contributed by atoms with Crippen LogP contribution in [0.4, 0.5) is 17.2 Å². The third-order valence-electron chi connectivity index (χ3n) is 3.95. The van der Waals surface area contributed by atoms with Gasteiger partial charge in [-0.3, -0.25) is 4.79 Å². The van der Waals surface area contributed by atoms with E-state index in [0.717, 1.165) is 29.9 Å². The van der Waals surface area contributed by atoms with Crippen molar-refractivity contribution in [3.05, 3.63) is 42.1 Å². The molecular weight excluding hydrogens is 276 g/mol. The maximum Gasteiger partial charge on any atom is 0.227 e. The highest BCUT2D eigenvalue weighted by atomic mass is 16.1. The van der Waals surface area contributed by atoms with E-state index < -0.39 is 0 Å². The smallest absolute Gasteiger partial charge is 0.227 e. The Morgan fingerprint density at radius 2 is 1.68 bits per heavy atom. The quantitative estimate of drug-likeness (QED) is 0.903. The van der Waals surface area contributed by atoms with Gasteiger partial charge in [0.25, 0.3) is 0 Å². The molecule has 1 aliphatic rings. The van der Waals surface area contributed by atoms with Crippen LogP contribution in [0.5, 0.6) is 0 Å². The minimum Gasteiger partial charge on any atom is -0.339 e. The molecule has 0 radical (unpaired) electrons. The first-order chi connectivity index (χ1) is 10.7. The molecule has 5 nitrogen and oxygen atoms in total. The fourth-order valence-corrected chi connectivity index (χ4v) is 2.68. The molecular formula is C17H20N4O. The normalized spacial score (nSPS) is 14.8. The molecule has 5 heteroatoms. The summed E-state index contributed by atoms with van der Waals surface area (Å²) < 4.78 is 0. The second-order valence-corrected chi connectivity index (χ2v) is 5.73. The van der Waals surface area contributed by atoms with Crippen LogP contribution in [0.15, 0.2) is 36.4 Å². The number of aromatic nitrogens is 2. The second kappa shape index (κ2) is 6.56. The molecule has 0 bridgehead atoms. The molecule has 0 atom stereocenters. The lowest BCUT2D eigenvalue weighted by molar-refractivity contribution is -0.119. The largest absolute Gasteiger partial charge is 0.339 e. The fourth-order valence-electron chi connectivity index (χ4n) is 2.68. The third kappa shape index (κ3) is 3.61. The van der Waals surface area contributed by atoms with E-state index in [-0.39, 0.29) is 11.8 Å². The van der Waals surface area contributed by atoms with Gasteiger partial charge in [-0.05, 0) is 56.2 Å². The highest BCUT2D eigenvalue weighted by molar-refractivity contribution is 5.92. The minimum absolute atomic E-state index is 0.141. The number of rotatable bonds is 4. The van der Waals surface area contributed by atoms with Gasteiger partial charge in [-0.1, -0.05) is 12.8 Å². The van der Waals surface area contributed by atoms with Crippen LogP contribution in [-0.4, -0.2) is 16.1 Å². The van der Waals surface area contributed by atoms with Crippen molar-refractivity contribution in [2.24, 2.45) is 5.92 Å². The molecule has 1 saturated carbocycles. The summed E-state index contributed by atoms with van der Waals surface area (Å²) in [5.74, 6) is 1.02. The molecule has 2 aromatic rings. The standard InChI is InChI=1S/C17H20N4O/c1-12-6-11-16(21-20-12)18-14-7-9-15(10-8-14)19-17(22)13-4-2-3-5-13/h6-11,13H,2-5H2,1H3,(H,18,21)(H,19,22). The summed E-state index contributed by atoms with van der Waals surface area (Å²) in [6.45, 7) is 1.90. The molecule has 0 aliphatic heterocycles. The number of carbonyl (C=O) groups is 1. The molecule has 1 aromatic heterocycles. The summed E-state index contributed by atoms with van der Waals surface area (Å²) in [5, 5.41) is 14.2. The number of aryl methyl sites for hydroxylation is 1. The van der Waals surface area contributed by atoms with Crippen molar-refractivity contribution in [3.8, 4) is 0 Å². The first-order valence-electron chi connectivity index (χ1n) is 7.69. The number of anilines is 3. The first-order valence-corrected chi connectivity index (χ1v) is 7.69. The molecule has 1 aromatic carbocycles. The summed E-state index contributed by atoms with van der Waals surface area (Å²) in [6, 6.07) is 11.4. The van der Waals surface area contributed by atoms with Crippen molar-refractivity contribution in [3.63, 3.8) is 0 Å². The Hall–Kier alpha value is -2.43. The average molecular weight is 296 g/mol. The van der Waals surface area contributed by atoms with Crippen LogP contribution < -0.4 is 10.6 Å². The predicted octanol–water partition coefficient (Wildman–Crippen LogP) is 3.66. The monoisotopic (exact) mass is 296 g/mol. The van der Waals surface area contributed by atoms with Crippen molar-refractivity contribution < 1.29 is 4.79 Å². The van der Waals surface area contributed by atoms with Crippen LogP contribution >= 0.6 is 0 Å². The van der Waals surface area contributed by atoms with Gasteiger partial charge >= 0.3 is 0 Å². The van der Waals surface area contributed by atoms with E-state index in [1.807, 2.05) is 43.3 Å². The average Bonchev–Trinajstić information content (AvgIpc) is 3.06. The van der Waals surface area contributed by atoms with E-state index in [2.05, 4.69) is 20.8 Å². The summed E-state index contributed by atoms with van der Waals surface area (Å²) in [7, 11) is 0. The Labute approximate surface area is 130 Å². The number of hydrogen-bond acceptors (Lipinski definition) is 4. The number of nitrogens with zero attached hydrogens (tertiary/aromatic N) is 2. The van der Waals surface area contributed by atoms with Gasteiger partial charge in [0.05, 0.1) is 5.69 Å². The maximum absolute atomic E-state index is 12.1. The van der Waals surface area contributed by atoms with Crippen molar-refractivity contribution in [2.75, 3.05) is 10.6 Å². The second-order valence-electron chi connectivity index (χ2n) is 5.73. The van der Waals surface area contributed by atoms with Crippen molar-refractivity contribution >= 4 is 23.1 Å². The molecule has 1 amide bonds. The molecule has 0 spiro atoms. The van der Waals surface area contributed by atoms with Crippen LogP contribution in [0.25, 0.3) is 0 Å². The molecule has 1 heterocycles. The molecule has 0 unspecified atom stereocenters. The van der Waals surface area contributed by atoms with E-state index in [0.29, 0.717) is 5.82 Å². The Bertz CT molecular complexity index is 631. The van der Waals surface area contributed by atoms with Gasteiger partial charge < -0.3 is 10.6 Å². The highest BCUT2D eigenvalue weighted by Gasteiger charge is 2.22. The molecule has 1 fully saturated rings. The number of carbonyl (C=O) groups excluding carboxylic acids is 1. The number of benzene rings is 1. The first kappa shape index (κ1) is 14.5. The fraction of sp³-hybridized carbons (Fsp3) is 0.353. The van der Waals surface area contributed by atoms with Gasteiger partial charge in [-0.15, -0.1) is 5.10 Å². The van der Waals surface area contributed by atoms with Crippen LogP contribution in [0.3, 0.4) is 0 Å². The SMILES string of the molecule is Cc1ccc(Nc2ccc(NC(=O)C3CCCC3)cc2)nn1. The highest BCUT2D eigenvalue weighted by Crippen LogP contribution is 2.26. The minimum atomic E-state index is 0.141. The molecule has 114 valence electrons. The zero-order valence-corrected chi connectivity index (χ0v) is 12.7. The van der Waals surface area contributed by atoms with Gasteiger partial charge in [0.2, 0.25) is 5.91 Å². The van der Waals surface area contributed by atoms with Crippen molar-refractivity contribution in [2.45, 2.75) is 32.6 Å². The molecule has 0 saturated heterocycles. The van der Waals surface area contributed by atoms with Gasteiger partial charge in [0, 0.05) is 17.3 Å². The van der Waals surface area contributed by atoms with Gasteiger partial charge in [-0.25, -0.2) is 0 Å². The van der Waals surface area contributed by atoms with E-state index >= 15 is 0 Å². The van der Waals surface area contributed by atoms with Crippen LogP contribution in [0.2, 0.25) is 0 Å². The van der Waals surface area contributed by atoms with Crippen molar-refractivity contribution in [1.29, 1.82) is 0 Å². The number of hydrogen-bond donors (Lipinski definition) is 2. The van der Waals surface area contributed by atoms with Crippen LogP contribution in [0.1, 0.15) is 31.4 Å². The van der Waals surface area contributed by atoms with E-state index in [4.69, 9.17) is 0 Å². The van der Waals surface area contributed by atoms with Gasteiger partial charge in [0.15, 0.2) is 5.82 Å². The third-order valence-corrected chi connectivity index (χ3v) is 3.95. The summed E-state index contributed by atoms with van der Waals surface area (Å²) in [6.07, 6.45) is 4.35. The topological polar surface area (TPSA) is 66.9 Å². The summed E-state index contributed by atoms with van der Waals surface area (Å²) in [4.78, 5) is 12.1. The van der Waals surface area contributed by atoms with Crippen LogP contribution in [0, 0.1) is 12.8 Å². The summed E-state index contributed by atoms with van der Waals surface area (Å²) in [5.41, 5.74) is 2.63. The Morgan fingerprint density at radius 1 is 1.00 bits per heavy atom. The predicted molar refractivity (Wildman–Crippen MR) is 87.1 cm³/mol. The molecule has 22 heavy (non-hydrogen) atoms. The molecule has 2 N–H and O–H groups in total. The van der Waals surface area contributed by atoms with Gasteiger partial charge in [0.1, 0.15) is 0 Å². The Balaban J connectivity index is 1.60. The maximum atomic E-state index is 12.1. The Kier molecular flexibility index (Phi) is 4.32. The summed E-state index contributed by atoms with van der Waals surface area (Å²) >= 11 is 0. The lowest BCUT2D eigenvalue weighted by Gasteiger charge is -2.11. The van der Waals surface area contributed by atoms with Crippen molar-refractivity contribution in [1.82, 2.24) is 10.2 Å². The zero-order chi connectivity index (χ0) is 15.4. The van der Waals surface area contributed by atoms with E-state index in [1.54, 1.807) is 0 Å². The Morgan fingerprint density at radius 3 is 2.32 bits per heavy atom. The van der Waals surface area contributed by atoms with E-state index in [1.165, 1.54) is 12.8 Å². The molecule has 3 rings (SSSR count). The zero-order valence-electron chi connectivity index (χ0n) is 12.7. The lowest BCUT2D eigenvalue weighted by atomic mass is 10.1. The van der Waals surface area contributed by atoms with Gasteiger partial charge in [-0.2, -0.15) is 5.10 Å². The van der Waals surface area contributed by atoms with E-state index in [9.17, 15) is 4.79 Å². The number of nitrogens with one attached hydrogen (secondary N) is 2. The van der Waals surface area contributed by atoms with Crippen LogP contribution in [-0.2, 0) is 4.79 Å². The number of amides is 1. The lowest BCUT2D eigenvalue weighted by Crippen LogP contribution is -2.20. The molecule has 1 aliphatic carbocycles.